The molecule has 0 bridgehead atoms. The van der Waals surface area contributed by atoms with Crippen molar-refractivity contribution in [1.29, 1.82) is 0 Å². The van der Waals surface area contributed by atoms with Gasteiger partial charge >= 0.3 is 0 Å². The second-order valence-electron chi connectivity index (χ2n) is 7.56. The summed E-state index contributed by atoms with van der Waals surface area (Å²) in [5.41, 5.74) is 2.80. The predicted octanol–water partition coefficient (Wildman–Crippen LogP) is 4.46. The SMILES string of the molecule is COC[C@H](C)NS(=O)(=O)c1ccc(NC(=O)CSC(c2ccccc2)c2ccccc2)cc1. The molecule has 0 fully saturated rings. The molecule has 0 unspecified atom stereocenters. The number of methoxy groups -OCH3 is 1. The average molecular weight is 485 g/mol. The monoisotopic (exact) mass is 484 g/mol. The van der Waals surface area contributed by atoms with E-state index < -0.39 is 10.0 Å². The van der Waals surface area contributed by atoms with Crippen LogP contribution < -0.4 is 10.0 Å². The maximum atomic E-state index is 12.6. The molecule has 0 aliphatic carbocycles. The number of hydrogen-bond acceptors (Lipinski definition) is 5. The zero-order chi connectivity index (χ0) is 23.7. The van der Waals surface area contributed by atoms with Crippen molar-refractivity contribution in [1.82, 2.24) is 4.72 Å². The van der Waals surface area contributed by atoms with Crippen molar-refractivity contribution in [2.45, 2.75) is 23.1 Å². The van der Waals surface area contributed by atoms with Gasteiger partial charge in [0.2, 0.25) is 15.9 Å². The summed E-state index contributed by atoms with van der Waals surface area (Å²) in [6.07, 6.45) is 0. The third-order valence-corrected chi connectivity index (χ3v) is 7.72. The molecular formula is C25H28N2O4S2. The highest BCUT2D eigenvalue weighted by Crippen LogP contribution is 2.35. The average Bonchev–Trinajstić information content (AvgIpc) is 2.81. The summed E-state index contributed by atoms with van der Waals surface area (Å²) in [5.74, 6) is 0.101. The lowest BCUT2D eigenvalue weighted by Crippen LogP contribution is -2.35. The fourth-order valence-electron chi connectivity index (χ4n) is 3.33. The number of carbonyl (C=O) groups excluding carboxylic acids is 1. The van der Waals surface area contributed by atoms with Gasteiger partial charge < -0.3 is 10.1 Å². The Labute approximate surface area is 199 Å². The Morgan fingerprint density at radius 3 is 1.97 bits per heavy atom. The lowest BCUT2D eigenvalue weighted by atomic mass is 10.0. The smallest absolute Gasteiger partial charge is 0.240 e. The van der Waals surface area contributed by atoms with Gasteiger partial charge in [-0.05, 0) is 42.3 Å². The Hall–Kier alpha value is -2.65. The molecular weight excluding hydrogens is 456 g/mol. The first kappa shape index (κ1) is 25.0. The van der Waals surface area contributed by atoms with Crippen molar-refractivity contribution in [3.05, 3.63) is 96.1 Å². The van der Waals surface area contributed by atoms with E-state index in [1.165, 1.54) is 19.2 Å². The van der Waals surface area contributed by atoms with Crippen LogP contribution in [0.3, 0.4) is 0 Å². The van der Waals surface area contributed by atoms with Crippen molar-refractivity contribution in [3.63, 3.8) is 0 Å². The van der Waals surface area contributed by atoms with E-state index in [1.54, 1.807) is 30.8 Å². The molecule has 1 amide bonds. The first-order valence-corrected chi connectivity index (χ1v) is 13.0. The van der Waals surface area contributed by atoms with E-state index in [0.29, 0.717) is 5.69 Å². The number of rotatable bonds is 11. The number of nitrogens with one attached hydrogen (secondary N) is 2. The Balaban J connectivity index is 1.62. The van der Waals surface area contributed by atoms with Crippen molar-refractivity contribution < 1.29 is 17.9 Å². The van der Waals surface area contributed by atoms with Gasteiger partial charge in [0.15, 0.2) is 0 Å². The van der Waals surface area contributed by atoms with E-state index in [2.05, 4.69) is 34.3 Å². The topological polar surface area (TPSA) is 84.5 Å². The fraction of sp³-hybridized carbons (Fsp3) is 0.240. The first-order valence-electron chi connectivity index (χ1n) is 10.5. The van der Waals surface area contributed by atoms with Gasteiger partial charge in [-0.15, -0.1) is 11.8 Å². The molecule has 8 heteroatoms. The number of benzene rings is 3. The Morgan fingerprint density at radius 2 is 1.45 bits per heavy atom. The van der Waals surface area contributed by atoms with Gasteiger partial charge in [0, 0.05) is 18.8 Å². The van der Waals surface area contributed by atoms with Crippen LogP contribution in [0.5, 0.6) is 0 Å². The van der Waals surface area contributed by atoms with Gasteiger partial charge in [-0.3, -0.25) is 4.79 Å². The number of carbonyl (C=O) groups is 1. The third kappa shape index (κ3) is 7.43. The number of anilines is 1. The molecule has 6 nitrogen and oxygen atoms in total. The largest absolute Gasteiger partial charge is 0.383 e. The van der Waals surface area contributed by atoms with Crippen molar-refractivity contribution in [2.24, 2.45) is 0 Å². The maximum Gasteiger partial charge on any atom is 0.240 e. The molecule has 0 heterocycles. The van der Waals surface area contributed by atoms with Gasteiger partial charge in [-0.1, -0.05) is 60.7 Å². The van der Waals surface area contributed by atoms with E-state index >= 15 is 0 Å². The second-order valence-corrected chi connectivity index (χ2v) is 10.4. The molecule has 0 aromatic heterocycles. The quantitative estimate of drug-likeness (QED) is 0.420. The van der Waals surface area contributed by atoms with Crippen LogP contribution in [0.2, 0.25) is 0 Å². The summed E-state index contributed by atoms with van der Waals surface area (Å²) in [6, 6.07) is 25.9. The molecule has 3 rings (SSSR count). The third-order valence-electron chi connectivity index (χ3n) is 4.81. The van der Waals surface area contributed by atoms with Crippen LogP contribution in [-0.2, 0) is 19.6 Å². The standard InChI is InChI=1S/C25H28N2O4S2/c1-19(17-31-2)27-33(29,30)23-15-13-22(14-16-23)26-24(28)18-32-25(20-9-5-3-6-10-20)21-11-7-4-8-12-21/h3-16,19,25,27H,17-18H2,1-2H3,(H,26,28)/t19-/m0/s1. The fourth-order valence-corrected chi connectivity index (χ4v) is 5.65. The molecule has 3 aromatic rings. The van der Waals surface area contributed by atoms with Gasteiger partial charge in [0.25, 0.3) is 0 Å². The van der Waals surface area contributed by atoms with Crippen molar-refractivity contribution in [3.8, 4) is 0 Å². The minimum atomic E-state index is -3.66. The molecule has 174 valence electrons. The van der Waals surface area contributed by atoms with Crippen LogP contribution in [0.25, 0.3) is 0 Å². The summed E-state index contributed by atoms with van der Waals surface area (Å²) in [7, 11) is -2.14. The Morgan fingerprint density at radius 1 is 0.909 bits per heavy atom. The predicted molar refractivity (Wildman–Crippen MR) is 134 cm³/mol. The summed E-state index contributed by atoms with van der Waals surface area (Å²) in [4.78, 5) is 12.7. The summed E-state index contributed by atoms with van der Waals surface area (Å²) in [6.45, 7) is 2.00. The highest BCUT2D eigenvalue weighted by atomic mass is 32.2. The first-order chi connectivity index (χ1) is 15.9. The van der Waals surface area contributed by atoms with E-state index in [1.807, 2.05) is 36.4 Å². The number of ether oxygens (including phenoxy) is 1. The molecule has 0 saturated heterocycles. The highest BCUT2D eigenvalue weighted by Gasteiger charge is 2.18. The van der Waals surface area contributed by atoms with Crippen LogP contribution in [-0.4, -0.2) is 39.8 Å². The van der Waals surface area contributed by atoms with Gasteiger partial charge in [0.1, 0.15) is 0 Å². The number of sulfonamides is 1. The molecule has 0 saturated carbocycles. The van der Waals surface area contributed by atoms with Crippen molar-refractivity contribution >= 4 is 33.4 Å². The molecule has 0 aliphatic rings. The molecule has 3 aromatic carbocycles. The molecule has 0 radical (unpaired) electrons. The van der Waals surface area contributed by atoms with Crippen LogP contribution in [0.4, 0.5) is 5.69 Å². The van der Waals surface area contributed by atoms with Crippen LogP contribution in [0.1, 0.15) is 23.3 Å². The molecule has 1 atom stereocenters. The molecule has 0 spiro atoms. The highest BCUT2D eigenvalue weighted by molar-refractivity contribution is 8.00. The minimum Gasteiger partial charge on any atom is -0.383 e. The summed E-state index contributed by atoms with van der Waals surface area (Å²) < 4.78 is 32.4. The van der Waals surface area contributed by atoms with E-state index in [9.17, 15) is 13.2 Å². The van der Waals surface area contributed by atoms with E-state index in [0.717, 1.165) is 11.1 Å². The Bertz CT molecular complexity index is 1080. The number of hydrogen-bond donors (Lipinski definition) is 2. The van der Waals surface area contributed by atoms with Crippen LogP contribution >= 0.6 is 11.8 Å². The van der Waals surface area contributed by atoms with Crippen LogP contribution in [0.15, 0.2) is 89.8 Å². The number of amides is 1. The van der Waals surface area contributed by atoms with Gasteiger partial charge in [-0.2, -0.15) is 0 Å². The summed E-state index contributed by atoms with van der Waals surface area (Å²) >= 11 is 1.54. The minimum absolute atomic E-state index is 0.0332. The second kappa shape index (κ2) is 12.0. The Kier molecular flexibility index (Phi) is 9.08. The number of thioether (sulfide) groups is 1. The zero-order valence-corrected chi connectivity index (χ0v) is 20.2. The maximum absolute atomic E-state index is 12.6. The van der Waals surface area contributed by atoms with Crippen LogP contribution in [0, 0.1) is 0 Å². The molecule has 0 aliphatic heterocycles. The van der Waals surface area contributed by atoms with Gasteiger partial charge in [-0.25, -0.2) is 13.1 Å². The lowest BCUT2D eigenvalue weighted by Gasteiger charge is -2.17. The van der Waals surface area contributed by atoms with E-state index in [-0.39, 0.29) is 34.5 Å². The zero-order valence-electron chi connectivity index (χ0n) is 18.6. The van der Waals surface area contributed by atoms with E-state index in [4.69, 9.17) is 4.74 Å². The molecule has 2 N–H and O–H groups in total. The molecule has 33 heavy (non-hydrogen) atoms. The lowest BCUT2D eigenvalue weighted by molar-refractivity contribution is -0.113. The van der Waals surface area contributed by atoms with Gasteiger partial charge in [0.05, 0.1) is 22.5 Å². The normalized spacial score (nSPS) is 12.5. The van der Waals surface area contributed by atoms with Crippen molar-refractivity contribution in [2.75, 3.05) is 24.8 Å². The summed E-state index contributed by atoms with van der Waals surface area (Å²) in [5, 5.41) is 2.88.